The monoisotopic (exact) mass is 366 g/mol. The smallest absolute Gasteiger partial charge is 0.272 e. The first-order valence-electron chi connectivity index (χ1n) is 9.59. The number of nitrogens with one attached hydrogen (secondary N) is 1. The van der Waals surface area contributed by atoms with Gasteiger partial charge in [-0.25, -0.2) is 4.98 Å². The van der Waals surface area contributed by atoms with Crippen LogP contribution in [-0.4, -0.2) is 47.7 Å². The van der Waals surface area contributed by atoms with Crippen LogP contribution in [0.5, 0.6) is 0 Å². The number of hydrogen-bond donors (Lipinski definition) is 1. The number of aryl methyl sites for hydroxylation is 3. The molecule has 0 saturated carbocycles. The second-order valence-electron chi connectivity index (χ2n) is 7.28. The summed E-state index contributed by atoms with van der Waals surface area (Å²) in [5, 5.41) is 7.30. The summed E-state index contributed by atoms with van der Waals surface area (Å²) in [6, 6.07) is 6.10. The average Bonchev–Trinajstić information content (AvgIpc) is 3.41. The van der Waals surface area contributed by atoms with Gasteiger partial charge in [0.2, 0.25) is 0 Å². The highest BCUT2D eigenvalue weighted by molar-refractivity contribution is 5.93. The van der Waals surface area contributed by atoms with Gasteiger partial charge in [0.1, 0.15) is 17.2 Å². The van der Waals surface area contributed by atoms with Crippen LogP contribution in [-0.2, 0) is 13.6 Å². The number of carbonyl (C=O) groups excluding carboxylic acids is 1. The van der Waals surface area contributed by atoms with E-state index in [0.29, 0.717) is 5.69 Å². The van der Waals surface area contributed by atoms with Crippen LogP contribution in [0.2, 0.25) is 0 Å². The van der Waals surface area contributed by atoms with Gasteiger partial charge in [-0.2, -0.15) is 5.10 Å². The summed E-state index contributed by atoms with van der Waals surface area (Å²) in [6.45, 7) is 3.71. The van der Waals surface area contributed by atoms with Crippen LogP contribution in [0.3, 0.4) is 0 Å². The van der Waals surface area contributed by atoms with E-state index < -0.39 is 0 Å². The summed E-state index contributed by atoms with van der Waals surface area (Å²) in [7, 11) is 1.98. The third-order valence-corrected chi connectivity index (χ3v) is 5.53. The highest BCUT2D eigenvalue weighted by atomic mass is 16.2. The number of nitrogens with zero attached hydrogens (tertiary/aromatic N) is 5. The molecule has 0 spiro atoms. The Balaban J connectivity index is 1.48. The Bertz CT molecular complexity index is 920. The number of imidazole rings is 1. The summed E-state index contributed by atoms with van der Waals surface area (Å²) in [5.41, 5.74) is 2.36. The highest BCUT2D eigenvalue weighted by Gasteiger charge is 2.28. The van der Waals surface area contributed by atoms with Crippen molar-refractivity contribution in [3.8, 4) is 11.4 Å². The lowest BCUT2D eigenvalue weighted by molar-refractivity contribution is 0.0589. The zero-order valence-electron chi connectivity index (χ0n) is 15.9. The van der Waals surface area contributed by atoms with Crippen LogP contribution >= 0.6 is 0 Å². The maximum Gasteiger partial charge on any atom is 0.272 e. The van der Waals surface area contributed by atoms with E-state index in [2.05, 4.69) is 19.7 Å². The largest absolute Gasteiger partial charge is 0.349 e. The van der Waals surface area contributed by atoms with Gasteiger partial charge in [-0.1, -0.05) is 0 Å². The maximum atomic E-state index is 13.1. The lowest BCUT2D eigenvalue weighted by atomic mass is 9.98. The van der Waals surface area contributed by atoms with Crippen molar-refractivity contribution in [1.82, 2.24) is 29.2 Å². The predicted octanol–water partition coefficient (Wildman–Crippen LogP) is 3.01. The number of hydrogen-bond acceptors (Lipinski definition) is 3. The summed E-state index contributed by atoms with van der Waals surface area (Å²) in [5.74, 6) is 1.07. The Morgan fingerprint density at radius 3 is 2.96 bits per heavy atom. The Morgan fingerprint density at radius 1 is 1.33 bits per heavy atom. The molecular formula is C20H26N6O. The fourth-order valence-electron chi connectivity index (χ4n) is 3.94. The molecule has 0 unspecified atom stereocenters. The predicted molar refractivity (Wildman–Crippen MR) is 103 cm³/mol. The molecule has 7 nitrogen and oxygen atoms in total. The fraction of sp³-hybridized carbons (Fsp3) is 0.450. The highest BCUT2D eigenvalue weighted by Crippen LogP contribution is 2.24. The first-order chi connectivity index (χ1) is 13.1. The Labute approximate surface area is 159 Å². The molecule has 1 atom stereocenters. The van der Waals surface area contributed by atoms with E-state index in [4.69, 9.17) is 0 Å². The van der Waals surface area contributed by atoms with E-state index in [0.717, 1.165) is 49.6 Å². The Kier molecular flexibility index (Phi) is 4.83. The lowest BCUT2D eigenvalue weighted by Gasteiger charge is -2.35. The fourth-order valence-corrected chi connectivity index (χ4v) is 3.94. The van der Waals surface area contributed by atoms with Crippen molar-refractivity contribution >= 4 is 5.91 Å². The number of rotatable bonds is 5. The maximum absolute atomic E-state index is 13.1. The minimum absolute atomic E-state index is 0.0509. The van der Waals surface area contributed by atoms with Crippen LogP contribution in [0.25, 0.3) is 11.4 Å². The standard InChI is InChI=1S/C20H26N6O/c1-15-21-9-13-25(15)12-8-16-6-3-4-11-26(16)20(27)18-14-17(22-23-18)19-7-5-10-24(19)2/h5,7,9-10,13-14,16H,3-4,6,8,11-12H2,1-2H3,(H,22,23)/t16-/m0/s1. The summed E-state index contributed by atoms with van der Waals surface area (Å²) in [4.78, 5) is 19.4. The van der Waals surface area contributed by atoms with Crippen molar-refractivity contribution in [3.63, 3.8) is 0 Å². The van der Waals surface area contributed by atoms with Crippen LogP contribution < -0.4 is 0 Å². The molecule has 0 bridgehead atoms. The van der Waals surface area contributed by atoms with Crippen molar-refractivity contribution in [1.29, 1.82) is 0 Å². The summed E-state index contributed by atoms with van der Waals surface area (Å²) < 4.78 is 4.16. The van der Waals surface area contributed by atoms with Gasteiger partial charge in [0, 0.05) is 44.8 Å². The van der Waals surface area contributed by atoms with Crippen molar-refractivity contribution < 1.29 is 4.79 Å². The molecule has 1 saturated heterocycles. The normalized spacial score (nSPS) is 17.4. The first kappa shape index (κ1) is 17.6. The average molecular weight is 366 g/mol. The van der Waals surface area contributed by atoms with Gasteiger partial charge in [0.15, 0.2) is 0 Å². The molecular weight excluding hydrogens is 340 g/mol. The minimum Gasteiger partial charge on any atom is -0.349 e. The van der Waals surface area contributed by atoms with Gasteiger partial charge in [0.05, 0.1) is 5.69 Å². The SMILES string of the molecule is Cc1nccn1CC[C@@H]1CCCCN1C(=O)c1cc(-c2cccn2C)n[nH]1. The molecule has 0 aromatic carbocycles. The Morgan fingerprint density at radius 2 is 2.22 bits per heavy atom. The molecule has 3 aromatic heterocycles. The van der Waals surface area contributed by atoms with Crippen molar-refractivity contribution in [2.45, 2.75) is 45.2 Å². The second kappa shape index (κ2) is 7.42. The number of H-pyrrole nitrogens is 1. The van der Waals surface area contributed by atoms with Gasteiger partial charge in [-0.05, 0) is 50.8 Å². The second-order valence-corrected chi connectivity index (χ2v) is 7.28. The van der Waals surface area contributed by atoms with E-state index >= 15 is 0 Å². The first-order valence-corrected chi connectivity index (χ1v) is 9.59. The van der Waals surface area contributed by atoms with Crippen LogP contribution in [0.1, 0.15) is 42.0 Å². The molecule has 1 aliphatic heterocycles. The van der Waals surface area contributed by atoms with Gasteiger partial charge < -0.3 is 14.0 Å². The van der Waals surface area contributed by atoms with Crippen LogP contribution in [0, 0.1) is 6.92 Å². The minimum atomic E-state index is 0.0509. The Hall–Kier alpha value is -2.83. The molecule has 4 rings (SSSR count). The van der Waals surface area contributed by atoms with Crippen LogP contribution in [0.15, 0.2) is 36.8 Å². The molecule has 1 fully saturated rings. The van der Waals surface area contributed by atoms with Crippen molar-refractivity contribution in [3.05, 3.63) is 48.3 Å². The molecule has 1 amide bonds. The number of carbonyl (C=O) groups is 1. The number of aromatic nitrogens is 5. The topological polar surface area (TPSA) is 71.7 Å². The lowest BCUT2D eigenvalue weighted by Crippen LogP contribution is -2.44. The molecule has 0 aliphatic carbocycles. The molecule has 0 radical (unpaired) electrons. The summed E-state index contributed by atoms with van der Waals surface area (Å²) in [6.07, 6.45) is 10.0. The third-order valence-electron chi connectivity index (χ3n) is 5.53. The van der Waals surface area contributed by atoms with E-state index in [1.54, 1.807) is 0 Å². The molecule has 1 aliphatic rings. The number of aromatic amines is 1. The van der Waals surface area contributed by atoms with Crippen molar-refractivity contribution in [2.75, 3.05) is 6.54 Å². The van der Waals surface area contributed by atoms with E-state index in [1.165, 1.54) is 6.42 Å². The van der Waals surface area contributed by atoms with E-state index in [9.17, 15) is 4.79 Å². The van der Waals surface area contributed by atoms with Gasteiger partial charge in [-0.3, -0.25) is 9.89 Å². The number of likely N-dealkylation sites (tertiary alicyclic amines) is 1. The molecule has 4 heterocycles. The molecule has 1 N–H and O–H groups in total. The molecule has 142 valence electrons. The molecule has 3 aromatic rings. The number of amides is 1. The quantitative estimate of drug-likeness (QED) is 0.754. The van der Waals surface area contributed by atoms with E-state index in [1.807, 2.05) is 60.2 Å². The zero-order chi connectivity index (χ0) is 18.8. The molecule has 27 heavy (non-hydrogen) atoms. The van der Waals surface area contributed by atoms with Gasteiger partial charge in [0.25, 0.3) is 5.91 Å². The van der Waals surface area contributed by atoms with Crippen molar-refractivity contribution in [2.24, 2.45) is 7.05 Å². The van der Waals surface area contributed by atoms with Gasteiger partial charge in [-0.15, -0.1) is 0 Å². The van der Waals surface area contributed by atoms with Crippen LogP contribution in [0.4, 0.5) is 0 Å². The number of piperidine rings is 1. The zero-order valence-corrected chi connectivity index (χ0v) is 15.9. The van der Waals surface area contributed by atoms with E-state index in [-0.39, 0.29) is 11.9 Å². The third kappa shape index (κ3) is 3.54. The molecule has 7 heteroatoms. The summed E-state index contributed by atoms with van der Waals surface area (Å²) >= 11 is 0. The van der Waals surface area contributed by atoms with Gasteiger partial charge >= 0.3 is 0 Å².